The number of aromatic nitrogens is 5. The maximum Gasteiger partial charge on any atom is 0.256 e. The zero-order chi connectivity index (χ0) is 23.4. The number of fused-ring (bicyclic) bond motifs is 2. The van der Waals surface area contributed by atoms with Gasteiger partial charge in [-0.3, -0.25) is 4.79 Å². The zero-order valence-corrected chi connectivity index (χ0v) is 19.1. The van der Waals surface area contributed by atoms with Crippen LogP contribution in [-0.4, -0.2) is 67.6 Å². The second kappa shape index (κ2) is 8.07. The number of nitrogens with one attached hydrogen (secondary N) is 2. The van der Waals surface area contributed by atoms with Gasteiger partial charge in [-0.1, -0.05) is 6.92 Å². The Bertz CT molecular complexity index is 1350. The predicted molar refractivity (Wildman–Crippen MR) is 126 cm³/mol. The Hall–Kier alpha value is -3.50. The molecule has 1 aliphatic carbocycles. The molecule has 0 unspecified atom stereocenters. The summed E-state index contributed by atoms with van der Waals surface area (Å²) in [4.78, 5) is 22.4. The van der Waals surface area contributed by atoms with Gasteiger partial charge >= 0.3 is 0 Å². The van der Waals surface area contributed by atoms with Crippen molar-refractivity contribution in [1.29, 1.82) is 0 Å². The fourth-order valence-electron chi connectivity index (χ4n) is 4.77. The van der Waals surface area contributed by atoms with Gasteiger partial charge in [-0.15, -0.1) is 0 Å². The van der Waals surface area contributed by atoms with Gasteiger partial charge in [0.2, 0.25) is 0 Å². The van der Waals surface area contributed by atoms with E-state index in [1.807, 2.05) is 36.0 Å². The van der Waals surface area contributed by atoms with Crippen molar-refractivity contribution in [2.24, 2.45) is 5.92 Å². The molecule has 6 rings (SSSR count). The summed E-state index contributed by atoms with van der Waals surface area (Å²) in [6, 6.07) is 5.99. The second-order valence-corrected chi connectivity index (χ2v) is 9.19. The van der Waals surface area contributed by atoms with Crippen LogP contribution in [0.1, 0.15) is 36.2 Å². The summed E-state index contributed by atoms with van der Waals surface area (Å²) >= 11 is 0. The molecule has 2 aromatic rings. The summed E-state index contributed by atoms with van der Waals surface area (Å²) < 4.78 is 9.07. The maximum absolute atomic E-state index is 12.9. The minimum Gasteiger partial charge on any atom is -0.389 e. The molecule has 4 atom stereocenters. The van der Waals surface area contributed by atoms with Gasteiger partial charge in [-0.25, -0.2) is 9.97 Å². The number of ether oxygens (including phenoxy) is 1. The minimum absolute atomic E-state index is 0.0987. The number of aliphatic hydroxyl groups excluding tert-OH is 1. The molecule has 0 spiro atoms. The third-order valence-electron chi connectivity index (χ3n) is 6.92. The van der Waals surface area contributed by atoms with Crippen molar-refractivity contribution in [3.05, 3.63) is 42.4 Å². The molecule has 34 heavy (non-hydrogen) atoms. The van der Waals surface area contributed by atoms with Crippen LogP contribution in [0.4, 0.5) is 5.82 Å². The highest BCUT2D eigenvalue weighted by atomic mass is 16.5. The molecular weight excluding hydrogens is 434 g/mol. The molecular formula is C24H27N7O3. The molecule has 176 valence electrons. The lowest BCUT2D eigenvalue weighted by Gasteiger charge is -2.31. The Labute approximate surface area is 196 Å². The van der Waals surface area contributed by atoms with Crippen molar-refractivity contribution in [2.45, 2.75) is 38.0 Å². The molecule has 3 aliphatic heterocycles. The van der Waals surface area contributed by atoms with E-state index in [0.717, 1.165) is 35.6 Å². The number of rotatable bonds is 5. The summed E-state index contributed by atoms with van der Waals surface area (Å²) in [6.45, 7) is 3.04. The van der Waals surface area contributed by atoms with Crippen molar-refractivity contribution >= 4 is 17.4 Å². The number of carbonyl (C=O) groups excluding carboxylic acids is 1. The van der Waals surface area contributed by atoms with Crippen LogP contribution in [0.25, 0.3) is 28.3 Å². The molecule has 2 fully saturated rings. The van der Waals surface area contributed by atoms with Gasteiger partial charge in [0.1, 0.15) is 17.2 Å². The summed E-state index contributed by atoms with van der Waals surface area (Å²) in [5.41, 5.74) is 3.41. The van der Waals surface area contributed by atoms with E-state index < -0.39 is 6.10 Å². The van der Waals surface area contributed by atoms with E-state index in [2.05, 4.69) is 22.7 Å². The van der Waals surface area contributed by atoms with Crippen molar-refractivity contribution in [2.75, 3.05) is 25.6 Å². The third kappa shape index (κ3) is 3.41. The first-order chi connectivity index (χ1) is 16.5. The van der Waals surface area contributed by atoms with Crippen LogP contribution in [0.15, 0.2) is 36.8 Å². The smallest absolute Gasteiger partial charge is 0.256 e. The highest BCUT2D eigenvalue weighted by Gasteiger charge is 2.35. The fraction of sp³-hybridized carbons (Fsp3) is 0.417. The molecule has 2 aromatic heterocycles. The van der Waals surface area contributed by atoms with E-state index in [4.69, 9.17) is 14.7 Å². The lowest BCUT2D eigenvalue weighted by molar-refractivity contribution is -0.0383. The van der Waals surface area contributed by atoms with Crippen molar-refractivity contribution in [3.63, 3.8) is 0 Å². The molecule has 1 saturated carbocycles. The van der Waals surface area contributed by atoms with Gasteiger partial charge in [0.25, 0.3) is 5.91 Å². The van der Waals surface area contributed by atoms with E-state index >= 15 is 0 Å². The zero-order valence-electron chi connectivity index (χ0n) is 19.1. The molecule has 0 aromatic carbocycles. The van der Waals surface area contributed by atoms with Gasteiger partial charge < -0.3 is 25.0 Å². The van der Waals surface area contributed by atoms with E-state index in [1.54, 1.807) is 16.9 Å². The average molecular weight is 462 g/mol. The Morgan fingerprint density at radius 1 is 1.29 bits per heavy atom. The van der Waals surface area contributed by atoms with Gasteiger partial charge in [0.15, 0.2) is 5.65 Å². The summed E-state index contributed by atoms with van der Waals surface area (Å²) in [6.07, 6.45) is 6.45. The molecule has 10 nitrogen and oxygen atoms in total. The fourth-order valence-corrected chi connectivity index (χ4v) is 4.77. The van der Waals surface area contributed by atoms with E-state index in [-0.39, 0.29) is 18.0 Å². The molecule has 1 saturated heterocycles. The topological polar surface area (TPSA) is 119 Å². The number of pyridine rings is 1. The van der Waals surface area contributed by atoms with E-state index in [1.165, 1.54) is 0 Å². The molecule has 0 radical (unpaired) electrons. The van der Waals surface area contributed by atoms with E-state index in [9.17, 15) is 9.90 Å². The lowest BCUT2D eigenvalue weighted by atomic mass is 10.0. The van der Waals surface area contributed by atoms with Crippen LogP contribution in [0.5, 0.6) is 0 Å². The predicted octanol–water partition coefficient (Wildman–Crippen LogP) is 2.20. The van der Waals surface area contributed by atoms with Gasteiger partial charge in [-0.05, 0) is 30.9 Å². The Balaban J connectivity index is 1.41. The number of hydrogen-bond acceptors (Lipinski definition) is 7. The molecule has 10 heteroatoms. The first kappa shape index (κ1) is 21.1. The second-order valence-electron chi connectivity index (χ2n) is 9.19. The number of carbonyl (C=O) groups is 1. The highest BCUT2D eigenvalue weighted by Crippen LogP contribution is 2.37. The number of hydrogen-bond donors (Lipinski definition) is 3. The molecule has 4 aliphatic rings. The SMILES string of the molecule is CNc1cc(-c2cnc3n([C@H]4CCOC[C@@H]4O)cccc2-3)nc2c(C(=O)N[C@@H]3C[C@@H]3C)cnn12. The van der Waals surface area contributed by atoms with Crippen LogP contribution < -0.4 is 10.6 Å². The van der Waals surface area contributed by atoms with Crippen LogP contribution in [-0.2, 0) is 4.74 Å². The average Bonchev–Trinajstić information content (AvgIpc) is 3.23. The van der Waals surface area contributed by atoms with Gasteiger partial charge in [0.05, 0.1) is 30.6 Å². The number of aliphatic hydroxyl groups is 1. The molecule has 5 heterocycles. The quantitative estimate of drug-likeness (QED) is 0.417. The molecule has 0 bridgehead atoms. The summed E-state index contributed by atoms with van der Waals surface area (Å²) in [5.74, 6) is 1.85. The van der Waals surface area contributed by atoms with Gasteiger partial charge in [-0.2, -0.15) is 9.61 Å². The van der Waals surface area contributed by atoms with Crippen molar-refractivity contribution < 1.29 is 14.6 Å². The number of anilines is 1. The maximum atomic E-state index is 12.9. The monoisotopic (exact) mass is 461 g/mol. The third-order valence-corrected chi connectivity index (χ3v) is 6.92. The minimum atomic E-state index is -0.586. The molecule has 1 amide bonds. The normalized spacial score (nSPS) is 24.4. The van der Waals surface area contributed by atoms with Crippen LogP contribution in [0, 0.1) is 5.92 Å². The Morgan fingerprint density at radius 2 is 2.15 bits per heavy atom. The summed E-state index contributed by atoms with van der Waals surface area (Å²) in [7, 11) is 1.81. The Kier molecular flexibility index (Phi) is 5.00. The van der Waals surface area contributed by atoms with Gasteiger partial charge in [0, 0.05) is 49.3 Å². The number of amides is 1. The van der Waals surface area contributed by atoms with E-state index in [0.29, 0.717) is 36.0 Å². The van der Waals surface area contributed by atoms with Crippen molar-refractivity contribution in [3.8, 4) is 22.6 Å². The highest BCUT2D eigenvalue weighted by molar-refractivity contribution is 6.00. The standard InChI is InChI=1S/C24H27N7O3/c1-13-8-17(13)29-24(33)16-11-27-31-21(25-2)9-18(28-23(16)31)15-10-26-22-14(15)4-3-6-30(22)19-5-7-34-12-20(19)32/h3-4,6,9-11,13,17,19-20,25,32H,5,7-8,12H2,1-2H3,(H,29,33)/t13-,17+,19-,20-/m0/s1. The van der Waals surface area contributed by atoms with Crippen LogP contribution >= 0.6 is 0 Å². The Morgan fingerprint density at radius 3 is 2.91 bits per heavy atom. The van der Waals surface area contributed by atoms with Crippen LogP contribution in [0.3, 0.4) is 0 Å². The number of nitrogens with zero attached hydrogens (tertiary/aromatic N) is 5. The molecule has 3 N–H and O–H groups in total. The van der Waals surface area contributed by atoms with Crippen LogP contribution in [0.2, 0.25) is 0 Å². The first-order valence-corrected chi connectivity index (χ1v) is 11.6. The van der Waals surface area contributed by atoms with Crippen molar-refractivity contribution in [1.82, 2.24) is 29.5 Å². The summed E-state index contributed by atoms with van der Waals surface area (Å²) in [5, 5.41) is 21.1. The largest absolute Gasteiger partial charge is 0.389 e. The lowest BCUT2D eigenvalue weighted by Crippen LogP contribution is -2.34. The first-order valence-electron chi connectivity index (χ1n) is 11.6.